The van der Waals surface area contributed by atoms with Crippen LogP contribution in [-0.2, 0) is 4.74 Å². The van der Waals surface area contributed by atoms with Crippen molar-refractivity contribution in [2.75, 3.05) is 0 Å². The molecule has 0 aromatic carbocycles. The Labute approximate surface area is 86.0 Å². The van der Waals surface area contributed by atoms with E-state index in [1.807, 2.05) is 0 Å². The third-order valence-electron chi connectivity index (χ3n) is 3.77. The summed E-state index contributed by atoms with van der Waals surface area (Å²) in [5.41, 5.74) is 1.81. The average Bonchev–Trinajstić information content (AvgIpc) is 2.44. The van der Waals surface area contributed by atoms with Gasteiger partial charge in [-0.1, -0.05) is 5.57 Å². The number of hydrogen-bond donors (Lipinski definition) is 1. The maximum atomic E-state index is 10.6. The fourth-order valence-corrected chi connectivity index (χ4v) is 2.69. The molecule has 2 heteroatoms. The van der Waals surface area contributed by atoms with Crippen molar-refractivity contribution >= 4 is 0 Å². The zero-order valence-corrected chi connectivity index (χ0v) is 9.34. The van der Waals surface area contributed by atoms with Gasteiger partial charge in [0.2, 0.25) is 0 Å². The second-order valence-electron chi connectivity index (χ2n) is 5.02. The molecule has 0 saturated carbocycles. The van der Waals surface area contributed by atoms with Crippen LogP contribution in [0.3, 0.4) is 0 Å². The van der Waals surface area contributed by atoms with E-state index >= 15 is 0 Å². The molecule has 2 fully saturated rings. The number of ether oxygens (including phenoxy) is 1. The van der Waals surface area contributed by atoms with Gasteiger partial charge in [0.05, 0.1) is 17.8 Å². The Morgan fingerprint density at radius 2 is 1.64 bits per heavy atom. The molecule has 2 aliphatic heterocycles. The first kappa shape index (κ1) is 10.2. The molecule has 1 N–H and O–H groups in total. The van der Waals surface area contributed by atoms with Crippen LogP contribution in [0.5, 0.6) is 0 Å². The second kappa shape index (κ2) is 3.35. The van der Waals surface area contributed by atoms with Crippen LogP contribution < -0.4 is 0 Å². The van der Waals surface area contributed by atoms with E-state index in [-0.39, 0.29) is 0 Å². The molecule has 2 bridgehead atoms. The Kier molecular flexibility index (Phi) is 2.44. The van der Waals surface area contributed by atoms with Gasteiger partial charge in [0, 0.05) is 12.8 Å². The molecule has 2 nitrogen and oxygen atoms in total. The minimum atomic E-state index is -0.580. The Balaban J connectivity index is 2.21. The van der Waals surface area contributed by atoms with Crippen LogP contribution >= 0.6 is 0 Å². The highest BCUT2D eigenvalue weighted by molar-refractivity contribution is 5.21. The minimum Gasteiger partial charge on any atom is -0.385 e. The molecule has 0 aromatic heterocycles. The van der Waals surface area contributed by atoms with E-state index in [9.17, 15) is 5.11 Å². The van der Waals surface area contributed by atoms with Crippen LogP contribution in [0, 0.1) is 0 Å². The lowest BCUT2D eigenvalue weighted by atomic mass is 9.82. The predicted octanol–water partition coefficient (Wildman–Crippen LogP) is 2.42. The highest BCUT2D eigenvalue weighted by Crippen LogP contribution is 2.42. The first-order valence-corrected chi connectivity index (χ1v) is 5.54. The molecule has 2 atom stereocenters. The fraction of sp³-hybridized carbons (Fsp3) is 0.833. The summed E-state index contributed by atoms with van der Waals surface area (Å²) in [6, 6.07) is 0. The largest absolute Gasteiger partial charge is 0.385 e. The Bertz CT molecular complexity index is 251. The Morgan fingerprint density at radius 1 is 1.14 bits per heavy atom. The number of rotatable bonds is 1. The molecule has 2 heterocycles. The summed E-state index contributed by atoms with van der Waals surface area (Å²) in [6.07, 6.45) is 4.44. The highest BCUT2D eigenvalue weighted by atomic mass is 16.5. The van der Waals surface area contributed by atoms with Crippen molar-refractivity contribution in [2.24, 2.45) is 0 Å². The molecule has 14 heavy (non-hydrogen) atoms. The number of fused-ring (bicyclic) bond motifs is 2. The molecule has 80 valence electrons. The number of aliphatic hydroxyl groups is 1. The molecule has 0 radical (unpaired) electrons. The normalized spacial score (nSPS) is 41.1. The summed E-state index contributed by atoms with van der Waals surface area (Å²) in [5.74, 6) is 0. The quantitative estimate of drug-likeness (QED) is 0.653. The summed E-state index contributed by atoms with van der Waals surface area (Å²) < 4.78 is 5.74. The van der Waals surface area contributed by atoms with E-state index in [4.69, 9.17) is 4.74 Å². The molecule has 0 spiro atoms. The zero-order valence-electron chi connectivity index (χ0n) is 9.34. The molecule has 2 rings (SSSR count). The van der Waals surface area contributed by atoms with E-state index in [1.54, 1.807) is 0 Å². The van der Waals surface area contributed by atoms with Gasteiger partial charge < -0.3 is 9.84 Å². The van der Waals surface area contributed by atoms with Crippen LogP contribution in [-0.4, -0.2) is 22.9 Å². The van der Waals surface area contributed by atoms with Crippen molar-refractivity contribution in [3.8, 4) is 0 Å². The van der Waals surface area contributed by atoms with Crippen LogP contribution in [0.2, 0.25) is 0 Å². The lowest BCUT2D eigenvalue weighted by Gasteiger charge is -2.38. The van der Waals surface area contributed by atoms with Crippen molar-refractivity contribution < 1.29 is 9.84 Å². The highest BCUT2D eigenvalue weighted by Gasteiger charge is 2.44. The predicted molar refractivity (Wildman–Crippen MR) is 56.1 cm³/mol. The standard InChI is InChI=1S/C12H20O2/c1-8(2)9(3)12(13)6-10-4-5-11(7-12)14-10/h10-11,13H,4-7H2,1-3H3. The monoisotopic (exact) mass is 196 g/mol. The van der Waals surface area contributed by atoms with Gasteiger partial charge in [-0.15, -0.1) is 0 Å². The molecule has 2 unspecified atom stereocenters. The van der Waals surface area contributed by atoms with E-state index < -0.39 is 5.60 Å². The van der Waals surface area contributed by atoms with Crippen molar-refractivity contribution in [3.63, 3.8) is 0 Å². The molecule has 0 amide bonds. The molecule has 2 aliphatic rings. The van der Waals surface area contributed by atoms with Crippen LogP contribution in [0.25, 0.3) is 0 Å². The Hall–Kier alpha value is -0.340. The van der Waals surface area contributed by atoms with E-state index in [0.717, 1.165) is 31.3 Å². The summed E-state index contributed by atoms with van der Waals surface area (Å²) in [4.78, 5) is 0. The van der Waals surface area contributed by atoms with Gasteiger partial charge in [-0.05, 0) is 39.2 Å². The second-order valence-corrected chi connectivity index (χ2v) is 5.02. The lowest BCUT2D eigenvalue weighted by Crippen LogP contribution is -2.42. The van der Waals surface area contributed by atoms with Crippen LogP contribution in [0.15, 0.2) is 11.1 Å². The summed E-state index contributed by atoms with van der Waals surface area (Å²) >= 11 is 0. The van der Waals surface area contributed by atoms with Gasteiger partial charge in [-0.3, -0.25) is 0 Å². The molecule has 0 aromatic rings. The zero-order chi connectivity index (χ0) is 10.3. The number of allylic oxidation sites excluding steroid dienone is 1. The SMILES string of the molecule is CC(C)=C(C)C1(O)CC2CCC(C1)O2. The van der Waals surface area contributed by atoms with Gasteiger partial charge in [-0.2, -0.15) is 0 Å². The van der Waals surface area contributed by atoms with Gasteiger partial charge in [0.15, 0.2) is 0 Å². The van der Waals surface area contributed by atoms with Crippen molar-refractivity contribution in [1.29, 1.82) is 0 Å². The maximum Gasteiger partial charge on any atom is 0.0905 e. The van der Waals surface area contributed by atoms with Crippen LogP contribution in [0.1, 0.15) is 46.5 Å². The molecular weight excluding hydrogens is 176 g/mol. The van der Waals surface area contributed by atoms with Gasteiger partial charge in [-0.25, -0.2) is 0 Å². The van der Waals surface area contributed by atoms with Crippen molar-refractivity contribution in [1.82, 2.24) is 0 Å². The summed E-state index contributed by atoms with van der Waals surface area (Å²) in [6.45, 7) is 6.20. The van der Waals surface area contributed by atoms with E-state index in [2.05, 4.69) is 20.8 Å². The van der Waals surface area contributed by atoms with Crippen molar-refractivity contribution in [3.05, 3.63) is 11.1 Å². The Morgan fingerprint density at radius 3 is 2.07 bits per heavy atom. The first-order valence-electron chi connectivity index (χ1n) is 5.54. The summed E-state index contributed by atoms with van der Waals surface area (Å²) in [7, 11) is 0. The number of hydrogen-bond acceptors (Lipinski definition) is 2. The lowest BCUT2D eigenvalue weighted by molar-refractivity contribution is -0.0925. The minimum absolute atomic E-state index is 0.299. The van der Waals surface area contributed by atoms with Gasteiger partial charge >= 0.3 is 0 Å². The topological polar surface area (TPSA) is 29.5 Å². The van der Waals surface area contributed by atoms with Crippen molar-refractivity contribution in [2.45, 2.75) is 64.3 Å². The van der Waals surface area contributed by atoms with E-state index in [1.165, 1.54) is 5.57 Å². The molecular formula is C12H20O2. The van der Waals surface area contributed by atoms with Gasteiger partial charge in [0.1, 0.15) is 0 Å². The third kappa shape index (κ3) is 1.61. The summed E-state index contributed by atoms with van der Waals surface area (Å²) in [5, 5.41) is 10.6. The molecule has 0 aliphatic carbocycles. The van der Waals surface area contributed by atoms with Crippen LogP contribution in [0.4, 0.5) is 0 Å². The van der Waals surface area contributed by atoms with E-state index in [0.29, 0.717) is 12.2 Å². The third-order valence-corrected chi connectivity index (χ3v) is 3.77. The first-order chi connectivity index (χ1) is 6.51. The maximum absolute atomic E-state index is 10.6. The average molecular weight is 196 g/mol. The van der Waals surface area contributed by atoms with Gasteiger partial charge in [0.25, 0.3) is 0 Å². The fourth-order valence-electron chi connectivity index (χ4n) is 2.69. The smallest absolute Gasteiger partial charge is 0.0905 e. The molecule has 2 saturated heterocycles.